The van der Waals surface area contributed by atoms with Gasteiger partial charge in [-0.15, -0.1) is 0 Å². The number of carbonyl (C=O) groups excluding carboxylic acids is 1. The molecule has 1 heterocycles. The maximum atomic E-state index is 11.8. The van der Waals surface area contributed by atoms with E-state index >= 15 is 0 Å². The maximum absolute atomic E-state index is 11.8. The molecule has 0 bridgehead atoms. The van der Waals surface area contributed by atoms with Crippen LogP contribution in [0.5, 0.6) is 0 Å². The van der Waals surface area contributed by atoms with Crippen molar-refractivity contribution in [2.24, 2.45) is 0 Å². The summed E-state index contributed by atoms with van der Waals surface area (Å²) in [5.74, 6) is -0.664. The Balaban J connectivity index is 2.51. The number of aromatic nitrogens is 1. The molecular formula is C9H8ClF3N2O. The SMILES string of the molecule is O=C(NCCC(F)(F)F)c1cnccc1Cl. The van der Waals surface area contributed by atoms with Crippen LogP contribution >= 0.6 is 11.6 Å². The van der Waals surface area contributed by atoms with Gasteiger partial charge >= 0.3 is 6.18 Å². The zero-order chi connectivity index (χ0) is 12.2. The van der Waals surface area contributed by atoms with E-state index in [0.29, 0.717) is 0 Å². The Morgan fingerprint density at radius 1 is 1.50 bits per heavy atom. The Kier molecular flexibility index (Phi) is 4.12. The molecule has 0 unspecified atom stereocenters. The van der Waals surface area contributed by atoms with Gasteiger partial charge in [-0.2, -0.15) is 13.2 Å². The second-order valence-corrected chi connectivity index (χ2v) is 3.38. The molecular weight excluding hydrogens is 245 g/mol. The van der Waals surface area contributed by atoms with Crippen LogP contribution in [-0.4, -0.2) is 23.6 Å². The Morgan fingerprint density at radius 3 is 2.75 bits per heavy atom. The van der Waals surface area contributed by atoms with Crippen LogP contribution in [0, 0.1) is 0 Å². The average Bonchev–Trinajstić information content (AvgIpc) is 2.16. The lowest BCUT2D eigenvalue weighted by molar-refractivity contribution is -0.132. The smallest absolute Gasteiger partial charge is 0.352 e. The van der Waals surface area contributed by atoms with E-state index in [4.69, 9.17) is 11.6 Å². The van der Waals surface area contributed by atoms with E-state index in [1.165, 1.54) is 18.5 Å². The first kappa shape index (κ1) is 12.8. The number of nitrogens with one attached hydrogen (secondary N) is 1. The predicted octanol–water partition coefficient (Wildman–Crippen LogP) is 2.42. The van der Waals surface area contributed by atoms with Gasteiger partial charge in [-0.1, -0.05) is 11.6 Å². The molecule has 7 heteroatoms. The van der Waals surface area contributed by atoms with Gasteiger partial charge in [0.15, 0.2) is 0 Å². The van der Waals surface area contributed by atoms with Crippen LogP contribution in [0.4, 0.5) is 13.2 Å². The van der Waals surface area contributed by atoms with Crippen LogP contribution < -0.4 is 5.32 Å². The lowest BCUT2D eigenvalue weighted by Gasteiger charge is -2.08. The zero-order valence-corrected chi connectivity index (χ0v) is 8.77. The first-order valence-corrected chi connectivity index (χ1v) is 4.72. The molecule has 3 nitrogen and oxygen atoms in total. The van der Waals surface area contributed by atoms with Crippen LogP contribution in [-0.2, 0) is 0 Å². The summed E-state index contributed by atoms with van der Waals surface area (Å²) >= 11 is 5.66. The van der Waals surface area contributed by atoms with Gasteiger partial charge in [-0.25, -0.2) is 0 Å². The van der Waals surface area contributed by atoms with Crippen LogP contribution in [0.15, 0.2) is 18.5 Å². The van der Waals surface area contributed by atoms with Gasteiger partial charge in [0.05, 0.1) is 17.0 Å². The van der Waals surface area contributed by atoms with Crippen molar-refractivity contribution in [3.05, 3.63) is 29.0 Å². The third kappa shape index (κ3) is 4.06. The van der Waals surface area contributed by atoms with Crippen molar-refractivity contribution in [2.75, 3.05) is 6.54 Å². The summed E-state index contributed by atoms with van der Waals surface area (Å²) in [6.45, 7) is -0.479. The molecule has 1 rings (SSSR count). The summed E-state index contributed by atoms with van der Waals surface area (Å²) in [4.78, 5) is 15.0. The van der Waals surface area contributed by atoms with Crippen LogP contribution in [0.25, 0.3) is 0 Å². The lowest BCUT2D eigenvalue weighted by atomic mass is 10.2. The monoisotopic (exact) mass is 252 g/mol. The van der Waals surface area contributed by atoms with Gasteiger partial charge in [0, 0.05) is 18.9 Å². The van der Waals surface area contributed by atoms with Crippen LogP contribution in [0.3, 0.4) is 0 Å². The molecule has 0 aliphatic heterocycles. The number of hydrogen-bond donors (Lipinski definition) is 1. The highest BCUT2D eigenvalue weighted by Gasteiger charge is 2.26. The number of hydrogen-bond acceptors (Lipinski definition) is 2. The largest absolute Gasteiger partial charge is 0.390 e. The summed E-state index contributed by atoms with van der Waals surface area (Å²) in [6.07, 6.45) is -2.78. The number of halogens is 4. The van der Waals surface area contributed by atoms with Crippen molar-refractivity contribution < 1.29 is 18.0 Å². The quantitative estimate of drug-likeness (QED) is 0.898. The minimum Gasteiger partial charge on any atom is -0.352 e. The molecule has 0 aliphatic rings. The van der Waals surface area contributed by atoms with Crippen LogP contribution in [0.1, 0.15) is 16.8 Å². The first-order chi connectivity index (χ1) is 7.40. The Hall–Kier alpha value is -1.30. The van der Waals surface area contributed by atoms with E-state index in [9.17, 15) is 18.0 Å². The van der Waals surface area contributed by atoms with Crippen molar-refractivity contribution in [1.29, 1.82) is 0 Å². The third-order valence-corrected chi connectivity index (χ3v) is 2.04. The fourth-order valence-corrected chi connectivity index (χ4v) is 1.15. The molecule has 16 heavy (non-hydrogen) atoms. The number of amides is 1. The highest BCUT2D eigenvalue weighted by atomic mass is 35.5. The summed E-state index contributed by atoms with van der Waals surface area (Å²) in [5.41, 5.74) is 0.0614. The molecule has 0 aromatic carbocycles. The average molecular weight is 253 g/mol. The highest BCUT2D eigenvalue weighted by Crippen LogP contribution is 2.18. The molecule has 88 valence electrons. The summed E-state index contributed by atoms with van der Waals surface area (Å²) in [5, 5.41) is 2.27. The minimum absolute atomic E-state index is 0.0614. The van der Waals surface area contributed by atoms with Gasteiger partial charge in [0.25, 0.3) is 5.91 Å². The fourth-order valence-electron chi connectivity index (χ4n) is 0.958. The van der Waals surface area contributed by atoms with E-state index in [0.717, 1.165) is 0 Å². The lowest BCUT2D eigenvalue weighted by Crippen LogP contribution is -2.28. The zero-order valence-electron chi connectivity index (χ0n) is 8.01. The second kappa shape index (κ2) is 5.16. The van der Waals surface area contributed by atoms with Gasteiger partial charge in [-0.05, 0) is 6.07 Å². The predicted molar refractivity (Wildman–Crippen MR) is 52.3 cm³/mol. The number of pyridine rings is 1. The third-order valence-electron chi connectivity index (χ3n) is 1.71. The molecule has 1 amide bonds. The number of carbonyl (C=O) groups is 1. The Labute approximate surface area is 94.6 Å². The van der Waals surface area contributed by atoms with E-state index in [2.05, 4.69) is 10.3 Å². The maximum Gasteiger partial charge on any atom is 0.390 e. The van der Waals surface area contributed by atoms with Crippen molar-refractivity contribution in [1.82, 2.24) is 10.3 Å². The second-order valence-electron chi connectivity index (χ2n) is 2.98. The summed E-state index contributed by atoms with van der Waals surface area (Å²) < 4.78 is 35.4. The van der Waals surface area contributed by atoms with Crippen molar-refractivity contribution in [3.63, 3.8) is 0 Å². The molecule has 1 N–H and O–H groups in total. The molecule has 0 fully saturated rings. The van der Waals surface area contributed by atoms with Gasteiger partial charge in [0.2, 0.25) is 0 Å². The van der Waals surface area contributed by atoms with Crippen molar-refractivity contribution >= 4 is 17.5 Å². The number of alkyl halides is 3. The van der Waals surface area contributed by atoms with E-state index in [1.54, 1.807) is 0 Å². The van der Waals surface area contributed by atoms with Gasteiger partial charge in [0.1, 0.15) is 0 Å². The molecule has 1 aromatic rings. The molecule has 0 atom stereocenters. The highest BCUT2D eigenvalue weighted by molar-refractivity contribution is 6.33. The normalized spacial score (nSPS) is 11.2. The molecule has 0 saturated heterocycles. The Morgan fingerprint density at radius 2 is 2.19 bits per heavy atom. The van der Waals surface area contributed by atoms with E-state index in [-0.39, 0.29) is 10.6 Å². The van der Waals surface area contributed by atoms with E-state index in [1.807, 2.05) is 0 Å². The van der Waals surface area contributed by atoms with Gasteiger partial charge < -0.3 is 5.32 Å². The first-order valence-electron chi connectivity index (χ1n) is 4.34. The molecule has 0 spiro atoms. The van der Waals surface area contributed by atoms with Crippen molar-refractivity contribution in [2.45, 2.75) is 12.6 Å². The summed E-state index contributed by atoms with van der Waals surface area (Å²) in [6, 6.07) is 1.39. The standard InChI is InChI=1S/C9H8ClF3N2O/c10-7-1-3-14-5-6(7)8(16)15-4-2-9(11,12)13/h1,3,5H,2,4H2,(H,15,16). The fraction of sp³-hybridized carbons (Fsp3) is 0.333. The Bertz CT molecular complexity index is 381. The summed E-state index contributed by atoms with van der Waals surface area (Å²) in [7, 11) is 0. The van der Waals surface area contributed by atoms with E-state index < -0.39 is 25.0 Å². The molecule has 0 saturated carbocycles. The van der Waals surface area contributed by atoms with Crippen LogP contribution in [0.2, 0.25) is 5.02 Å². The molecule has 1 aromatic heterocycles. The minimum atomic E-state index is -4.29. The molecule has 0 radical (unpaired) electrons. The van der Waals surface area contributed by atoms with Gasteiger partial charge in [-0.3, -0.25) is 9.78 Å². The number of nitrogens with zero attached hydrogens (tertiary/aromatic N) is 1. The van der Waals surface area contributed by atoms with Crippen molar-refractivity contribution in [3.8, 4) is 0 Å². The number of rotatable bonds is 3. The topological polar surface area (TPSA) is 42.0 Å². The molecule has 0 aliphatic carbocycles.